The van der Waals surface area contributed by atoms with Crippen molar-refractivity contribution in [2.24, 2.45) is 0 Å². The molecule has 0 unspecified atom stereocenters. The zero-order valence-electron chi connectivity index (χ0n) is 12.1. The molecule has 0 aliphatic rings. The number of rotatable bonds is 5. The molecule has 2 N–H and O–H groups in total. The Morgan fingerprint density at radius 2 is 2.00 bits per heavy atom. The van der Waals surface area contributed by atoms with Crippen molar-refractivity contribution >= 4 is 5.91 Å². The van der Waals surface area contributed by atoms with Crippen LogP contribution >= 0.6 is 0 Å². The molecule has 0 bridgehead atoms. The van der Waals surface area contributed by atoms with Gasteiger partial charge in [-0.25, -0.2) is 0 Å². The molecule has 0 fully saturated rings. The molecule has 1 aromatic carbocycles. The Hall–Kier alpha value is -1.55. The third-order valence-electron chi connectivity index (χ3n) is 2.54. The van der Waals surface area contributed by atoms with E-state index in [4.69, 9.17) is 4.74 Å². The van der Waals surface area contributed by atoms with E-state index in [1.807, 2.05) is 45.9 Å². The van der Waals surface area contributed by atoms with Crippen LogP contribution in [0.5, 0.6) is 5.75 Å². The summed E-state index contributed by atoms with van der Waals surface area (Å²) in [5.74, 6) is 0.384. The monoisotopic (exact) mass is 265 g/mol. The highest BCUT2D eigenvalue weighted by atomic mass is 16.5. The molecule has 1 rings (SSSR count). The molecule has 106 valence electrons. The van der Waals surface area contributed by atoms with Gasteiger partial charge in [0, 0.05) is 11.1 Å². The van der Waals surface area contributed by atoms with Crippen LogP contribution < -0.4 is 10.1 Å². The minimum absolute atomic E-state index is 0.0509. The summed E-state index contributed by atoms with van der Waals surface area (Å²) in [5.41, 5.74) is 0.441. The highest BCUT2D eigenvalue weighted by Gasteiger charge is 2.16. The van der Waals surface area contributed by atoms with Crippen LogP contribution in [0, 0.1) is 0 Å². The van der Waals surface area contributed by atoms with Gasteiger partial charge in [-0.1, -0.05) is 25.1 Å². The van der Waals surface area contributed by atoms with E-state index in [0.29, 0.717) is 17.7 Å². The largest absolute Gasteiger partial charge is 0.483 e. The molecule has 1 atom stereocenters. The molecule has 1 aromatic rings. The Bertz CT molecular complexity index is 424. The SMILES string of the molecule is CC[C@@H](O)c1ccccc1OCC(=O)NC(C)(C)C. The van der Waals surface area contributed by atoms with Crippen LogP contribution in [0.15, 0.2) is 24.3 Å². The summed E-state index contributed by atoms with van der Waals surface area (Å²) < 4.78 is 5.50. The number of benzene rings is 1. The van der Waals surface area contributed by atoms with E-state index >= 15 is 0 Å². The predicted octanol–water partition coefficient (Wildman–Crippen LogP) is 2.42. The van der Waals surface area contributed by atoms with Gasteiger partial charge in [-0.2, -0.15) is 0 Å². The van der Waals surface area contributed by atoms with Crippen molar-refractivity contribution < 1.29 is 14.6 Å². The molecule has 0 saturated carbocycles. The van der Waals surface area contributed by atoms with Crippen LogP contribution in [0.3, 0.4) is 0 Å². The number of carbonyl (C=O) groups is 1. The summed E-state index contributed by atoms with van der Waals surface area (Å²) in [4.78, 5) is 11.7. The first-order valence-electron chi connectivity index (χ1n) is 6.54. The molecule has 4 heteroatoms. The number of hydrogen-bond donors (Lipinski definition) is 2. The topological polar surface area (TPSA) is 58.6 Å². The average Bonchev–Trinajstić information content (AvgIpc) is 2.33. The second-order valence-corrected chi connectivity index (χ2v) is 5.55. The Labute approximate surface area is 114 Å². The summed E-state index contributed by atoms with van der Waals surface area (Å²) in [7, 11) is 0. The average molecular weight is 265 g/mol. The van der Waals surface area contributed by atoms with Gasteiger partial charge in [0.05, 0.1) is 6.10 Å². The molecule has 0 spiro atoms. The van der Waals surface area contributed by atoms with E-state index in [2.05, 4.69) is 5.32 Å². The third kappa shape index (κ3) is 5.30. The fourth-order valence-corrected chi connectivity index (χ4v) is 1.70. The van der Waals surface area contributed by atoms with E-state index in [1.165, 1.54) is 0 Å². The summed E-state index contributed by atoms with van der Waals surface area (Å²) in [6.07, 6.45) is 0.0380. The standard InChI is InChI=1S/C15H23NO3/c1-5-12(17)11-8-6-7-9-13(11)19-10-14(18)16-15(2,3)4/h6-9,12,17H,5,10H2,1-4H3,(H,16,18)/t12-/m1/s1. The van der Waals surface area contributed by atoms with Gasteiger partial charge in [0.15, 0.2) is 6.61 Å². The van der Waals surface area contributed by atoms with Crippen LogP contribution in [-0.2, 0) is 4.79 Å². The smallest absolute Gasteiger partial charge is 0.258 e. The van der Waals surface area contributed by atoms with E-state index in [0.717, 1.165) is 0 Å². The lowest BCUT2D eigenvalue weighted by Gasteiger charge is -2.21. The van der Waals surface area contributed by atoms with E-state index in [1.54, 1.807) is 6.07 Å². The van der Waals surface area contributed by atoms with Gasteiger partial charge < -0.3 is 15.2 Å². The maximum absolute atomic E-state index is 11.7. The van der Waals surface area contributed by atoms with E-state index in [9.17, 15) is 9.90 Å². The molecule has 0 aliphatic carbocycles. The number of aliphatic hydroxyl groups excluding tert-OH is 1. The second-order valence-electron chi connectivity index (χ2n) is 5.55. The second kappa shape index (κ2) is 6.57. The van der Waals surface area contributed by atoms with Gasteiger partial charge in [-0.05, 0) is 33.3 Å². The molecule has 0 heterocycles. The fourth-order valence-electron chi connectivity index (χ4n) is 1.70. The number of para-hydroxylation sites is 1. The van der Waals surface area contributed by atoms with Crippen LogP contribution in [0.25, 0.3) is 0 Å². The van der Waals surface area contributed by atoms with Crippen LogP contribution in [-0.4, -0.2) is 23.2 Å². The zero-order valence-corrected chi connectivity index (χ0v) is 12.1. The number of amides is 1. The van der Waals surface area contributed by atoms with Gasteiger partial charge in [0.2, 0.25) is 0 Å². The van der Waals surface area contributed by atoms with Gasteiger partial charge in [0.1, 0.15) is 5.75 Å². The van der Waals surface area contributed by atoms with Crippen molar-refractivity contribution in [1.82, 2.24) is 5.32 Å². The highest BCUT2D eigenvalue weighted by molar-refractivity contribution is 5.78. The van der Waals surface area contributed by atoms with Crippen LogP contribution in [0.2, 0.25) is 0 Å². The van der Waals surface area contributed by atoms with Gasteiger partial charge in [-0.15, -0.1) is 0 Å². The lowest BCUT2D eigenvalue weighted by molar-refractivity contribution is -0.124. The summed E-state index contributed by atoms with van der Waals surface area (Å²) in [6.45, 7) is 7.59. The van der Waals surface area contributed by atoms with Crippen LogP contribution in [0.1, 0.15) is 45.8 Å². The molecular weight excluding hydrogens is 242 g/mol. The van der Waals surface area contributed by atoms with Crippen molar-refractivity contribution in [3.8, 4) is 5.75 Å². The van der Waals surface area contributed by atoms with Gasteiger partial charge in [0.25, 0.3) is 5.91 Å². The van der Waals surface area contributed by atoms with Gasteiger partial charge in [-0.3, -0.25) is 4.79 Å². The molecule has 0 radical (unpaired) electrons. The first-order chi connectivity index (χ1) is 8.83. The minimum Gasteiger partial charge on any atom is -0.483 e. The normalized spacial score (nSPS) is 12.9. The Morgan fingerprint density at radius 1 is 1.37 bits per heavy atom. The first kappa shape index (κ1) is 15.5. The molecule has 19 heavy (non-hydrogen) atoms. The van der Waals surface area contributed by atoms with Crippen LogP contribution in [0.4, 0.5) is 0 Å². The summed E-state index contributed by atoms with van der Waals surface area (Å²) >= 11 is 0. The fraction of sp³-hybridized carbons (Fsp3) is 0.533. The van der Waals surface area contributed by atoms with Gasteiger partial charge >= 0.3 is 0 Å². The molecule has 1 amide bonds. The Balaban J connectivity index is 2.65. The summed E-state index contributed by atoms with van der Waals surface area (Å²) in [5, 5.41) is 12.7. The lowest BCUT2D eigenvalue weighted by atomic mass is 10.1. The van der Waals surface area contributed by atoms with Crippen molar-refractivity contribution in [2.75, 3.05) is 6.61 Å². The molecule has 4 nitrogen and oxygen atoms in total. The highest BCUT2D eigenvalue weighted by Crippen LogP contribution is 2.26. The number of ether oxygens (including phenoxy) is 1. The van der Waals surface area contributed by atoms with E-state index in [-0.39, 0.29) is 18.1 Å². The Kier molecular flexibility index (Phi) is 5.36. The molecule has 0 aromatic heterocycles. The predicted molar refractivity (Wildman–Crippen MR) is 75.1 cm³/mol. The minimum atomic E-state index is -0.568. The molecular formula is C15H23NO3. The van der Waals surface area contributed by atoms with E-state index < -0.39 is 6.10 Å². The lowest BCUT2D eigenvalue weighted by Crippen LogP contribution is -2.43. The number of aliphatic hydroxyl groups is 1. The summed E-state index contributed by atoms with van der Waals surface area (Å²) in [6, 6.07) is 7.24. The number of nitrogens with one attached hydrogen (secondary N) is 1. The first-order valence-corrected chi connectivity index (χ1v) is 6.54. The third-order valence-corrected chi connectivity index (χ3v) is 2.54. The number of carbonyl (C=O) groups excluding carboxylic acids is 1. The quantitative estimate of drug-likeness (QED) is 0.859. The van der Waals surface area contributed by atoms with Crippen molar-refractivity contribution in [3.05, 3.63) is 29.8 Å². The van der Waals surface area contributed by atoms with Crippen molar-refractivity contribution in [2.45, 2.75) is 45.8 Å². The molecule has 0 aliphatic heterocycles. The maximum Gasteiger partial charge on any atom is 0.258 e. The maximum atomic E-state index is 11.7. The zero-order chi connectivity index (χ0) is 14.5. The van der Waals surface area contributed by atoms with Crippen molar-refractivity contribution in [1.29, 1.82) is 0 Å². The molecule has 0 saturated heterocycles. The van der Waals surface area contributed by atoms with Crippen molar-refractivity contribution in [3.63, 3.8) is 0 Å². The number of hydrogen-bond acceptors (Lipinski definition) is 3. The Morgan fingerprint density at radius 3 is 2.58 bits per heavy atom.